The Hall–Kier alpha value is -1.64. The van der Waals surface area contributed by atoms with Crippen LogP contribution in [0, 0.1) is 11.3 Å². The van der Waals surface area contributed by atoms with Gasteiger partial charge in [-0.25, -0.2) is 0 Å². The van der Waals surface area contributed by atoms with E-state index in [9.17, 15) is 0 Å². The number of ether oxygens (including phenoxy) is 1. The van der Waals surface area contributed by atoms with Crippen LogP contribution < -0.4 is 4.74 Å². The van der Waals surface area contributed by atoms with Gasteiger partial charge >= 0.3 is 0 Å². The van der Waals surface area contributed by atoms with Crippen LogP contribution in [0.4, 0.5) is 0 Å². The summed E-state index contributed by atoms with van der Waals surface area (Å²) in [6, 6.07) is 8.94. The van der Waals surface area contributed by atoms with Crippen molar-refractivity contribution >= 4 is 23.1 Å². The third-order valence-corrected chi connectivity index (χ3v) is 2.83. The predicted octanol–water partition coefficient (Wildman–Crippen LogP) is 2.64. The van der Waals surface area contributed by atoms with Gasteiger partial charge in [0.1, 0.15) is 22.4 Å². The molecule has 0 bridgehead atoms. The largest absolute Gasteiger partial charge is 0.487 e. The van der Waals surface area contributed by atoms with Crippen LogP contribution in [0.15, 0.2) is 24.3 Å². The van der Waals surface area contributed by atoms with Crippen molar-refractivity contribution in [1.82, 2.24) is 9.59 Å². The van der Waals surface area contributed by atoms with E-state index in [4.69, 9.17) is 21.6 Å². The van der Waals surface area contributed by atoms with Gasteiger partial charge in [-0.05, 0) is 18.2 Å². The van der Waals surface area contributed by atoms with Crippen molar-refractivity contribution in [1.29, 1.82) is 5.26 Å². The van der Waals surface area contributed by atoms with E-state index in [0.29, 0.717) is 21.3 Å². The first-order chi connectivity index (χ1) is 7.79. The number of hydrogen-bond donors (Lipinski definition) is 0. The minimum atomic E-state index is 0.254. The number of aromatic nitrogens is 2. The standard InChI is InChI=1S/C10H6ClN3OS/c11-10-9(13-14-16-10)6-15-8-3-1-2-7(4-8)5-12/h1-4H,6H2. The first-order valence-corrected chi connectivity index (χ1v) is 5.54. The molecule has 0 spiro atoms. The monoisotopic (exact) mass is 251 g/mol. The summed E-state index contributed by atoms with van der Waals surface area (Å²) in [7, 11) is 0. The second-order valence-electron chi connectivity index (χ2n) is 2.92. The van der Waals surface area contributed by atoms with Crippen LogP contribution in [0.25, 0.3) is 0 Å². The maximum Gasteiger partial charge on any atom is 0.141 e. The molecule has 80 valence electrons. The fourth-order valence-corrected chi connectivity index (χ4v) is 1.69. The predicted molar refractivity (Wildman–Crippen MR) is 60.4 cm³/mol. The van der Waals surface area contributed by atoms with Gasteiger partial charge in [0.15, 0.2) is 0 Å². The molecule has 0 saturated heterocycles. The molecule has 1 aromatic heterocycles. The van der Waals surface area contributed by atoms with Crippen molar-refractivity contribution in [3.63, 3.8) is 0 Å². The Balaban J connectivity index is 2.05. The zero-order chi connectivity index (χ0) is 11.4. The molecule has 16 heavy (non-hydrogen) atoms. The molecule has 0 aliphatic heterocycles. The lowest BCUT2D eigenvalue weighted by Crippen LogP contribution is -1.96. The summed E-state index contributed by atoms with van der Waals surface area (Å²) in [6.45, 7) is 0.254. The molecule has 0 atom stereocenters. The summed E-state index contributed by atoms with van der Waals surface area (Å²) < 4.78 is 9.66. The van der Waals surface area contributed by atoms with Gasteiger partial charge in [-0.15, -0.1) is 5.10 Å². The van der Waals surface area contributed by atoms with Gasteiger partial charge < -0.3 is 4.74 Å². The number of hydrogen-bond acceptors (Lipinski definition) is 5. The van der Waals surface area contributed by atoms with Crippen LogP contribution in [-0.2, 0) is 6.61 Å². The van der Waals surface area contributed by atoms with Crippen LogP contribution in [0.3, 0.4) is 0 Å². The van der Waals surface area contributed by atoms with Gasteiger partial charge in [0.25, 0.3) is 0 Å². The van der Waals surface area contributed by atoms with E-state index in [1.54, 1.807) is 24.3 Å². The van der Waals surface area contributed by atoms with Gasteiger partial charge in [0, 0.05) is 11.5 Å². The summed E-state index contributed by atoms with van der Waals surface area (Å²) in [5, 5.41) is 12.5. The lowest BCUT2D eigenvalue weighted by molar-refractivity contribution is 0.301. The highest BCUT2D eigenvalue weighted by molar-refractivity contribution is 7.10. The van der Waals surface area contributed by atoms with Crippen molar-refractivity contribution in [2.45, 2.75) is 6.61 Å². The van der Waals surface area contributed by atoms with E-state index < -0.39 is 0 Å². The second-order valence-corrected chi connectivity index (χ2v) is 4.28. The zero-order valence-corrected chi connectivity index (χ0v) is 9.63. The molecule has 1 aromatic carbocycles. The van der Waals surface area contributed by atoms with E-state index in [1.807, 2.05) is 6.07 Å². The Morgan fingerprint density at radius 2 is 2.38 bits per heavy atom. The van der Waals surface area contributed by atoms with E-state index in [1.165, 1.54) is 0 Å². The fourth-order valence-electron chi connectivity index (χ4n) is 1.09. The Kier molecular flexibility index (Phi) is 3.34. The van der Waals surface area contributed by atoms with Crippen molar-refractivity contribution in [3.05, 3.63) is 39.9 Å². The van der Waals surface area contributed by atoms with Crippen molar-refractivity contribution < 1.29 is 4.74 Å². The maximum absolute atomic E-state index is 8.71. The minimum Gasteiger partial charge on any atom is -0.487 e. The fraction of sp³-hybridized carbons (Fsp3) is 0.100. The Bertz CT molecular complexity index is 535. The summed E-state index contributed by atoms with van der Waals surface area (Å²) in [6.07, 6.45) is 0. The molecule has 0 fully saturated rings. The van der Waals surface area contributed by atoms with E-state index >= 15 is 0 Å². The topological polar surface area (TPSA) is 58.8 Å². The van der Waals surface area contributed by atoms with Gasteiger partial charge in [0.2, 0.25) is 0 Å². The normalized spacial score (nSPS) is 9.75. The number of benzene rings is 1. The quantitative estimate of drug-likeness (QED) is 0.841. The number of halogens is 1. The molecule has 0 radical (unpaired) electrons. The third-order valence-electron chi connectivity index (χ3n) is 1.85. The molecule has 6 heteroatoms. The van der Waals surface area contributed by atoms with E-state index in [-0.39, 0.29) is 6.61 Å². The Morgan fingerprint density at radius 3 is 3.06 bits per heavy atom. The third kappa shape index (κ3) is 2.48. The molecular formula is C10H6ClN3OS. The SMILES string of the molecule is N#Cc1cccc(OCc2nnsc2Cl)c1. The van der Waals surface area contributed by atoms with Gasteiger partial charge in [0.05, 0.1) is 11.6 Å². The summed E-state index contributed by atoms with van der Waals surface area (Å²) in [5.74, 6) is 0.614. The number of nitriles is 1. The van der Waals surface area contributed by atoms with Crippen molar-refractivity contribution in [3.8, 4) is 11.8 Å². The van der Waals surface area contributed by atoms with E-state index in [2.05, 4.69) is 9.59 Å². The molecular weight excluding hydrogens is 246 g/mol. The molecule has 1 heterocycles. The van der Waals surface area contributed by atoms with E-state index in [0.717, 1.165) is 11.5 Å². The molecule has 0 aliphatic rings. The smallest absolute Gasteiger partial charge is 0.141 e. The highest BCUT2D eigenvalue weighted by Gasteiger charge is 2.06. The average molecular weight is 252 g/mol. The average Bonchev–Trinajstić information content (AvgIpc) is 2.72. The minimum absolute atomic E-state index is 0.254. The molecule has 0 N–H and O–H groups in total. The summed E-state index contributed by atoms with van der Waals surface area (Å²) >= 11 is 6.94. The maximum atomic E-state index is 8.71. The van der Waals surface area contributed by atoms with Gasteiger partial charge in [-0.2, -0.15) is 5.26 Å². The van der Waals surface area contributed by atoms with Gasteiger partial charge in [-0.3, -0.25) is 0 Å². The van der Waals surface area contributed by atoms with Crippen LogP contribution in [0.1, 0.15) is 11.3 Å². The van der Waals surface area contributed by atoms with Crippen LogP contribution in [0.5, 0.6) is 5.75 Å². The molecule has 0 saturated carbocycles. The molecule has 4 nitrogen and oxygen atoms in total. The van der Waals surface area contributed by atoms with Crippen LogP contribution in [0.2, 0.25) is 4.34 Å². The molecule has 0 amide bonds. The molecule has 0 unspecified atom stereocenters. The number of rotatable bonds is 3. The van der Waals surface area contributed by atoms with Crippen LogP contribution >= 0.6 is 23.1 Å². The highest BCUT2D eigenvalue weighted by atomic mass is 35.5. The molecule has 2 aromatic rings. The molecule has 2 rings (SSSR count). The zero-order valence-electron chi connectivity index (χ0n) is 8.05. The summed E-state index contributed by atoms with van der Waals surface area (Å²) in [4.78, 5) is 0. The molecule has 0 aliphatic carbocycles. The van der Waals surface area contributed by atoms with Crippen molar-refractivity contribution in [2.24, 2.45) is 0 Å². The first-order valence-electron chi connectivity index (χ1n) is 4.39. The first kappa shape index (κ1) is 10.9. The van der Waals surface area contributed by atoms with Crippen molar-refractivity contribution in [2.75, 3.05) is 0 Å². The second kappa shape index (κ2) is 4.92. The Labute approximate surface area is 101 Å². The van der Waals surface area contributed by atoms with Gasteiger partial charge in [-0.1, -0.05) is 22.2 Å². The Morgan fingerprint density at radius 1 is 1.50 bits per heavy atom. The lowest BCUT2D eigenvalue weighted by atomic mass is 10.2. The highest BCUT2D eigenvalue weighted by Crippen LogP contribution is 2.20. The lowest BCUT2D eigenvalue weighted by Gasteiger charge is -2.03. The number of nitrogens with zero attached hydrogens (tertiary/aromatic N) is 3. The van der Waals surface area contributed by atoms with Crippen LogP contribution in [-0.4, -0.2) is 9.59 Å². The summed E-state index contributed by atoms with van der Waals surface area (Å²) in [5.41, 5.74) is 1.16.